The maximum absolute atomic E-state index is 13.0. The number of ether oxygens (including phenoxy) is 1. The van der Waals surface area contributed by atoms with Gasteiger partial charge in [0.1, 0.15) is 5.82 Å². The van der Waals surface area contributed by atoms with Gasteiger partial charge >= 0.3 is 0 Å². The molecule has 1 aliphatic heterocycles. The van der Waals surface area contributed by atoms with Crippen LogP contribution in [0.3, 0.4) is 0 Å². The first kappa shape index (κ1) is 14.7. The van der Waals surface area contributed by atoms with E-state index in [1.807, 2.05) is 18.7 Å². The van der Waals surface area contributed by atoms with E-state index in [2.05, 4.69) is 5.32 Å². The van der Waals surface area contributed by atoms with Crippen LogP contribution in [0, 0.1) is 5.82 Å². The second-order valence-electron chi connectivity index (χ2n) is 5.24. The highest BCUT2D eigenvalue weighted by Gasteiger charge is 2.23. The molecular formula is C14H20FN3O2. The first-order valence-electron chi connectivity index (χ1n) is 6.66. The van der Waals surface area contributed by atoms with Gasteiger partial charge in [0.15, 0.2) is 0 Å². The Bertz CT molecular complexity index is 485. The summed E-state index contributed by atoms with van der Waals surface area (Å²) < 4.78 is 18.6. The highest BCUT2D eigenvalue weighted by Crippen LogP contribution is 2.16. The number of hydrogen-bond donors (Lipinski definition) is 2. The quantitative estimate of drug-likeness (QED) is 0.823. The number of hydrogen-bond acceptors (Lipinski definition) is 4. The van der Waals surface area contributed by atoms with E-state index >= 15 is 0 Å². The van der Waals surface area contributed by atoms with E-state index in [9.17, 15) is 9.18 Å². The van der Waals surface area contributed by atoms with E-state index in [4.69, 9.17) is 10.5 Å². The van der Waals surface area contributed by atoms with Crippen LogP contribution in [-0.4, -0.2) is 42.6 Å². The van der Waals surface area contributed by atoms with Crippen molar-refractivity contribution < 1.29 is 13.9 Å². The summed E-state index contributed by atoms with van der Waals surface area (Å²) in [7, 11) is 0. The molecule has 0 unspecified atom stereocenters. The van der Waals surface area contributed by atoms with Crippen molar-refractivity contribution in [3.63, 3.8) is 0 Å². The average molecular weight is 281 g/mol. The molecule has 0 radical (unpaired) electrons. The Morgan fingerprint density at radius 3 is 2.70 bits per heavy atom. The van der Waals surface area contributed by atoms with Gasteiger partial charge in [0.2, 0.25) is 5.91 Å². The molecule has 6 heteroatoms. The van der Waals surface area contributed by atoms with Crippen molar-refractivity contribution in [1.29, 1.82) is 0 Å². The van der Waals surface area contributed by atoms with Gasteiger partial charge in [-0.05, 0) is 32.0 Å². The van der Waals surface area contributed by atoms with E-state index in [1.165, 1.54) is 18.2 Å². The molecule has 20 heavy (non-hydrogen) atoms. The number of anilines is 2. The lowest BCUT2D eigenvalue weighted by molar-refractivity contribution is -0.121. The van der Waals surface area contributed by atoms with Crippen molar-refractivity contribution in [3.05, 3.63) is 24.0 Å². The Hall–Kier alpha value is -1.66. The highest BCUT2D eigenvalue weighted by atomic mass is 19.1. The van der Waals surface area contributed by atoms with Gasteiger partial charge in [-0.15, -0.1) is 0 Å². The molecule has 0 aromatic heterocycles. The van der Waals surface area contributed by atoms with Gasteiger partial charge in [0, 0.05) is 18.8 Å². The van der Waals surface area contributed by atoms with E-state index < -0.39 is 5.82 Å². The lowest BCUT2D eigenvalue weighted by atomic mass is 10.2. The molecule has 1 aromatic rings. The molecule has 0 saturated carbocycles. The van der Waals surface area contributed by atoms with Crippen LogP contribution in [0.1, 0.15) is 13.8 Å². The predicted molar refractivity (Wildman–Crippen MR) is 75.9 cm³/mol. The molecule has 1 heterocycles. The van der Waals surface area contributed by atoms with Gasteiger partial charge in [-0.1, -0.05) is 0 Å². The van der Waals surface area contributed by atoms with Crippen molar-refractivity contribution in [3.8, 4) is 0 Å². The van der Waals surface area contributed by atoms with E-state index in [-0.39, 0.29) is 30.3 Å². The van der Waals surface area contributed by atoms with E-state index in [0.717, 1.165) is 13.1 Å². The summed E-state index contributed by atoms with van der Waals surface area (Å²) in [5, 5.41) is 2.72. The number of amides is 1. The standard InChI is InChI=1S/C14H20FN3O2/c1-9-6-18(7-10(2)20-9)8-14(19)17-11-3-4-12(15)13(16)5-11/h3-5,9-10H,6-8,16H2,1-2H3,(H,17,19)/t9-,10+. The van der Waals surface area contributed by atoms with Crippen molar-refractivity contribution in [2.24, 2.45) is 0 Å². The van der Waals surface area contributed by atoms with Crippen molar-refractivity contribution in [2.45, 2.75) is 26.1 Å². The summed E-state index contributed by atoms with van der Waals surface area (Å²) in [6.07, 6.45) is 0.237. The van der Waals surface area contributed by atoms with Crippen LogP contribution in [-0.2, 0) is 9.53 Å². The summed E-state index contributed by atoms with van der Waals surface area (Å²) in [6, 6.07) is 4.15. The molecule has 1 saturated heterocycles. The van der Waals surface area contributed by atoms with Crippen LogP contribution in [0.25, 0.3) is 0 Å². The van der Waals surface area contributed by atoms with E-state index in [0.29, 0.717) is 5.69 Å². The van der Waals surface area contributed by atoms with Crippen LogP contribution < -0.4 is 11.1 Å². The zero-order valence-corrected chi connectivity index (χ0v) is 11.7. The number of nitrogens with one attached hydrogen (secondary N) is 1. The number of carbonyl (C=O) groups excluding carboxylic acids is 1. The molecule has 2 rings (SSSR count). The van der Waals surface area contributed by atoms with Crippen molar-refractivity contribution >= 4 is 17.3 Å². The molecule has 1 amide bonds. The van der Waals surface area contributed by atoms with Crippen molar-refractivity contribution in [1.82, 2.24) is 4.90 Å². The Morgan fingerprint density at radius 1 is 1.45 bits per heavy atom. The Morgan fingerprint density at radius 2 is 2.10 bits per heavy atom. The highest BCUT2D eigenvalue weighted by molar-refractivity contribution is 5.92. The number of halogens is 1. The Balaban J connectivity index is 1.90. The van der Waals surface area contributed by atoms with Gasteiger partial charge in [0.05, 0.1) is 24.4 Å². The first-order chi connectivity index (χ1) is 9.44. The summed E-state index contributed by atoms with van der Waals surface area (Å²) in [4.78, 5) is 14.0. The van der Waals surface area contributed by atoms with Crippen LogP contribution in [0.4, 0.5) is 15.8 Å². The molecule has 5 nitrogen and oxygen atoms in total. The molecule has 0 aliphatic carbocycles. The maximum Gasteiger partial charge on any atom is 0.238 e. The van der Waals surface area contributed by atoms with Crippen LogP contribution in [0.5, 0.6) is 0 Å². The lowest BCUT2D eigenvalue weighted by Crippen LogP contribution is -2.48. The third-order valence-electron chi connectivity index (χ3n) is 3.14. The largest absolute Gasteiger partial charge is 0.396 e. The van der Waals surface area contributed by atoms with Crippen LogP contribution in [0.15, 0.2) is 18.2 Å². The Labute approximate surface area is 117 Å². The molecule has 0 spiro atoms. The molecule has 1 aliphatic rings. The third-order valence-corrected chi connectivity index (χ3v) is 3.14. The molecule has 3 N–H and O–H groups in total. The third kappa shape index (κ3) is 3.91. The summed E-state index contributed by atoms with van der Waals surface area (Å²) in [5.41, 5.74) is 5.99. The number of carbonyl (C=O) groups is 1. The van der Waals surface area contributed by atoms with Gasteiger partial charge in [-0.2, -0.15) is 0 Å². The van der Waals surface area contributed by atoms with E-state index in [1.54, 1.807) is 0 Å². The normalized spacial score (nSPS) is 23.6. The molecule has 1 aromatic carbocycles. The van der Waals surface area contributed by atoms with Crippen molar-refractivity contribution in [2.75, 3.05) is 30.7 Å². The fraction of sp³-hybridized carbons (Fsp3) is 0.500. The molecule has 1 fully saturated rings. The smallest absolute Gasteiger partial charge is 0.238 e. The number of rotatable bonds is 3. The van der Waals surface area contributed by atoms with Gasteiger partial charge in [0.25, 0.3) is 0 Å². The molecule has 2 atom stereocenters. The summed E-state index contributed by atoms with van der Waals surface area (Å²) in [5.74, 6) is -0.629. The minimum atomic E-state index is -0.487. The molecule has 110 valence electrons. The number of nitrogens with two attached hydrogens (primary N) is 1. The zero-order chi connectivity index (χ0) is 14.7. The minimum Gasteiger partial charge on any atom is -0.396 e. The fourth-order valence-electron chi connectivity index (χ4n) is 2.44. The monoisotopic (exact) mass is 281 g/mol. The number of morpholine rings is 1. The zero-order valence-electron chi connectivity index (χ0n) is 11.7. The number of nitrogen functional groups attached to an aromatic ring is 1. The second-order valence-corrected chi connectivity index (χ2v) is 5.24. The first-order valence-corrected chi connectivity index (χ1v) is 6.66. The summed E-state index contributed by atoms with van der Waals surface area (Å²) in [6.45, 7) is 5.71. The van der Waals surface area contributed by atoms with Crippen LogP contribution >= 0.6 is 0 Å². The topological polar surface area (TPSA) is 67.6 Å². The Kier molecular flexibility index (Phi) is 4.57. The second kappa shape index (κ2) is 6.19. The number of benzene rings is 1. The molecule has 0 bridgehead atoms. The number of nitrogens with zero attached hydrogens (tertiary/aromatic N) is 1. The average Bonchev–Trinajstić information content (AvgIpc) is 2.32. The lowest BCUT2D eigenvalue weighted by Gasteiger charge is -2.34. The van der Waals surface area contributed by atoms with Gasteiger partial charge in [-0.25, -0.2) is 4.39 Å². The summed E-state index contributed by atoms with van der Waals surface area (Å²) >= 11 is 0. The van der Waals surface area contributed by atoms with Crippen LogP contribution in [0.2, 0.25) is 0 Å². The van der Waals surface area contributed by atoms with Gasteiger partial charge in [-0.3, -0.25) is 9.69 Å². The SMILES string of the molecule is C[C@@H]1CN(CC(=O)Nc2ccc(F)c(N)c2)C[C@H](C)O1. The van der Waals surface area contributed by atoms with Gasteiger partial charge < -0.3 is 15.8 Å². The molecular weight excluding hydrogens is 261 g/mol. The predicted octanol–water partition coefficient (Wildman–Crippen LogP) is 1.46. The fourth-order valence-corrected chi connectivity index (χ4v) is 2.44. The maximum atomic E-state index is 13.0. The minimum absolute atomic E-state index is 0.0245.